The van der Waals surface area contributed by atoms with Crippen molar-refractivity contribution in [3.63, 3.8) is 0 Å². The van der Waals surface area contributed by atoms with Gasteiger partial charge in [0.05, 0.1) is 11.7 Å². The van der Waals surface area contributed by atoms with Gasteiger partial charge in [-0.25, -0.2) is 0 Å². The van der Waals surface area contributed by atoms with Crippen LogP contribution in [0.25, 0.3) is 5.57 Å². The first-order chi connectivity index (χ1) is 11.3. The Bertz CT molecular complexity index is 661. The van der Waals surface area contributed by atoms with E-state index in [0.717, 1.165) is 36.2 Å². The summed E-state index contributed by atoms with van der Waals surface area (Å²) in [4.78, 5) is 2.29. The molecule has 0 aromatic heterocycles. The van der Waals surface area contributed by atoms with E-state index >= 15 is 0 Å². The summed E-state index contributed by atoms with van der Waals surface area (Å²) in [6, 6.07) is 5.32. The molecular formula is C18H28NO4P. The molecule has 1 aliphatic rings. The third-order valence-electron chi connectivity index (χ3n) is 4.50. The fourth-order valence-corrected chi connectivity index (χ4v) is 4.26. The van der Waals surface area contributed by atoms with Crippen LogP contribution < -0.4 is 4.90 Å². The van der Waals surface area contributed by atoms with Crippen molar-refractivity contribution in [3.8, 4) is 5.75 Å². The van der Waals surface area contributed by atoms with Crippen molar-refractivity contribution in [2.45, 2.75) is 39.2 Å². The number of hydrogen-bond donors (Lipinski definition) is 1. The number of unbranched alkanes of at least 4 members (excludes halogenated alkanes) is 1. The third kappa shape index (κ3) is 3.85. The Morgan fingerprint density at radius 2 is 1.92 bits per heavy atom. The monoisotopic (exact) mass is 353 g/mol. The molecule has 0 saturated heterocycles. The van der Waals surface area contributed by atoms with Gasteiger partial charge < -0.3 is 19.1 Å². The van der Waals surface area contributed by atoms with Gasteiger partial charge in [-0.3, -0.25) is 4.57 Å². The van der Waals surface area contributed by atoms with E-state index in [1.165, 1.54) is 14.2 Å². The summed E-state index contributed by atoms with van der Waals surface area (Å²) in [5.74, 6) is 0.231. The number of rotatable bonds is 7. The molecule has 0 atom stereocenters. The van der Waals surface area contributed by atoms with Gasteiger partial charge in [0.2, 0.25) is 0 Å². The Kier molecular flexibility index (Phi) is 5.79. The van der Waals surface area contributed by atoms with Crippen LogP contribution in [0.4, 0.5) is 5.69 Å². The number of phenolic OH excluding ortho intramolecular Hbond substituents is 1. The average molecular weight is 353 g/mol. The summed E-state index contributed by atoms with van der Waals surface area (Å²) < 4.78 is 22.8. The average Bonchev–Trinajstić information content (AvgIpc) is 2.53. The Labute approximate surface area is 144 Å². The number of benzene rings is 1. The van der Waals surface area contributed by atoms with Gasteiger partial charge in [0.25, 0.3) is 0 Å². The second kappa shape index (κ2) is 7.30. The van der Waals surface area contributed by atoms with Crippen LogP contribution in [0.2, 0.25) is 0 Å². The number of allylic oxidation sites excluding steroid dienone is 1. The summed E-state index contributed by atoms with van der Waals surface area (Å²) in [7, 11) is -0.350. The Morgan fingerprint density at radius 3 is 2.50 bits per heavy atom. The van der Waals surface area contributed by atoms with Gasteiger partial charge in [-0.05, 0) is 38.0 Å². The maximum absolute atomic E-state index is 12.6. The van der Waals surface area contributed by atoms with Crippen molar-refractivity contribution in [2.24, 2.45) is 0 Å². The molecule has 0 fully saturated rings. The molecule has 0 saturated carbocycles. The van der Waals surface area contributed by atoms with Gasteiger partial charge >= 0.3 is 7.60 Å². The topological polar surface area (TPSA) is 59.0 Å². The lowest BCUT2D eigenvalue weighted by molar-refractivity contribution is 0.279. The van der Waals surface area contributed by atoms with Crippen LogP contribution >= 0.6 is 7.60 Å². The lowest BCUT2D eigenvalue weighted by atomic mass is 9.88. The fourth-order valence-electron chi connectivity index (χ4n) is 3.18. The molecule has 0 bridgehead atoms. The smallest absolute Gasteiger partial charge is 0.334 e. The molecular weight excluding hydrogens is 325 g/mol. The zero-order valence-electron chi connectivity index (χ0n) is 15.2. The van der Waals surface area contributed by atoms with Gasteiger partial charge in [0.15, 0.2) is 0 Å². The minimum absolute atomic E-state index is 0.211. The van der Waals surface area contributed by atoms with E-state index in [-0.39, 0.29) is 17.5 Å². The van der Waals surface area contributed by atoms with Crippen molar-refractivity contribution in [1.29, 1.82) is 0 Å². The molecule has 134 valence electrons. The standard InChI is InChI=1S/C18H28NO4P/c1-6-7-10-19-17-11-15(20)8-9-16(17)14(12-18(19,2)3)13-24(21,22-4)23-5/h8-9,11-12,20H,6-7,10,13H2,1-5H3. The summed E-state index contributed by atoms with van der Waals surface area (Å²) in [5.41, 5.74) is 2.61. The molecule has 0 amide bonds. The zero-order valence-corrected chi connectivity index (χ0v) is 16.1. The summed E-state index contributed by atoms with van der Waals surface area (Å²) >= 11 is 0. The Balaban J connectivity index is 2.51. The van der Waals surface area contributed by atoms with Crippen molar-refractivity contribution in [3.05, 3.63) is 29.8 Å². The van der Waals surface area contributed by atoms with E-state index in [2.05, 4.69) is 31.7 Å². The second-order valence-corrected chi connectivity index (χ2v) is 8.93. The maximum atomic E-state index is 12.6. The number of hydrogen-bond acceptors (Lipinski definition) is 5. The molecule has 0 aliphatic carbocycles. The molecule has 1 aliphatic heterocycles. The first kappa shape index (κ1) is 19.0. The molecule has 1 aromatic rings. The first-order valence-electron chi connectivity index (χ1n) is 8.29. The van der Waals surface area contributed by atoms with E-state index in [0.29, 0.717) is 0 Å². The largest absolute Gasteiger partial charge is 0.508 e. The number of aromatic hydroxyl groups is 1. The Hall–Kier alpha value is -1.29. The van der Waals surface area contributed by atoms with E-state index < -0.39 is 7.60 Å². The lowest BCUT2D eigenvalue weighted by Gasteiger charge is -2.44. The first-order valence-corrected chi connectivity index (χ1v) is 10.0. The number of anilines is 1. The van der Waals surface area contributed by atoms with Crippen LogP contribution in [0.15, 0.2) is 24.3 Å². The number of fused-ring (bicyclic) bond motifs is 1. The molecule has 1 aromatic carbocycles. The second-order valence-electron chi connectivity index (χ2n) is 6.66. The molecule has 0 unspecified atom stereocenters. The highest BCUT2D eigenvalue weighted by molar-refractivity contribution is 7.54. The van der Waals surface area contributed by atoms with E-state index in [4.69, 9.17) is 9.05 Å². The molecule has 5 nitrogen and oxygen atoms in total. The predicted octanol–water partition coefficient (Wildman–Crippen LogP) is 4.66. The van der Waals surface area contributed by atoms with Crippen LogP contribution in [0.3, 0.4) is 0 Å². The molecule has 0 radical (unpaired) electrons. The van der Waals surface area contributed by atoms with Crippen molar-refractivity contribution in [2.75, 3.05) is 31.8 Å². The van der Waals surface area contributed by atoms with Crippen LogP contribution in [-0.2, 0) is 13.6 Å². The van der Waals surface area contributed by atoms with Crippen molar-refractivity contribution in [1.82, 2.24) is 0 Å². The normalized spacial score (nSPS) is 16.7. The Morgan fingerprint density at radius 1 is 1.25 bits per heavy atom. The lowest BCUT2D eigenvalue weighted by Crippen LogP contribution is -2.46. The number of nitrogens with zero attached hydrogens (tertiary/aromatic N) is 1. The highest BCUT2D eigenvalue weighted by Gasteiger charge is 2.35. The van der Waals surface area contributed by atoms with Crippen LogP contribution in [0.1, 0.15) is 39.2 Å². The molecule has 1 N–H and O–H groups in total. The minimum atomic E-state index is -3.16. The van der Waals surface area contributed by atoms with E-state index in [9.17, 15) is 9.67 Å². The van der Waals surface area contributed by atoms with E-state index in [1.807, 2.05) is 6.07 Å². The van der Waals surface area contributed by atoms with Gasteiger partial charge in [-0.1, -0.05) is 19.4 Å². The van der Waals surface area contributed by atoms with Gasteiger partial charge in [-0.15, -0.1) is 0 Å². The van der Waals surface area contributed by atoms with Crippen LogP contribution in [0.5, 0.6) is 5.75 Å². The quantitative estimate of drug-likeness (QED) is 0.723. The summed E-state index contributed by atoms with van der Waals surface area (Å²) in [6.45, 7) is 7.31. The van der Waals surface area contributed by atoms with E-state index in [1.54, 1.807) is 12.1 Å². The summed E-state index contributed by atoms with van der Waals surface area (Å²) in [5, 5.41) is 9.96. The zero-order chi connectivity index (χ0) is 18.0. The van der Waals surface area contributed by atoms with Crippen molar-refractivity contribution < 1.29 is 18.7 Å². The minimum Gasteiger partial charge on any atom is -0.508 e. The van der Waals surface area contributed by atoms with Gasteiger partial charge in [-0.2, -0.15) is 0 Å². The predicted molar refractivity (Wildman–Crippen MR) is 98.9 cm³/mol. The van der Waals surface area contributed by atoms with Gasteiger partial charge in [0, 0.05) is 38.1 Å². The highest BCUT2D eigenvalue weighted by atomic mass is 31.2. The van der Waals surface area contributed by atoms with Crippen LogP contribution in [-0.4, -0.2) is 37.6 Å². The highest BCUT2D eigenvalue weighted by Crippen LogP contribution is 2.52. The molecule has 24 heavy (non-hydrogen) atoms. The molecule has 2 rings (SSSR count). The summed E-state index contributed by atoms with van der Waals surface area (Å²) in [6.07, 6.45) is 4.51. The molecule has 6 heteroatoms. The fraction of sp³-hybridized carbons (Fsp3) is 0.556. The van der Waals surface area contributed by atoms with Gasteiger partial charge in [0.1, 0.15) is 5.75 Å². The SMILES string of the molecule is CCCCN1c2cc(O)ccc2C(CP(=O)(OC)OC)=CC1(C)C. The maximum Gasteiger partial charge on any atom is 0.334 e. The number of phenols is 1. The third-order valence-corrected chi connectivity index (χ3v) is 6.34. The molecule has 0 spiro atoms. The molecule has 1 heterocycles. The van der Waals surface area contributed by atoms with Crippen molar-refractivity contribution >= 4 is 18.9 Å². The van der Waals surface area contributed by atoms with Crippen LogP contribution in [0, 0.1) is 0 Å².